The van der Waals surface area contributed by atoms with Crippen molar-refractivity contribution >= 4 is 33.6 Å². The Bertz CT molecular complexity index is 1420. The van der Waals surface area contributed by atoms with Gasteiger partial charge in [-0.1, -0.05) is 18.2 Å². The number of esters is 1. The fraction of sp³-hybridized carbons (Fsp3) is 0.321. The van der Waals surface area contributed by atoms with Gasteiger partial charge >= 0.3 is 5.97 Å². The number of hydrogen-bond acceptors (Lipinski definition) is 9. The standard InChI is InChI=1S/C28H28FN5O3S/c1-3-36-28(35)24-14-23-27(38-24)33(2)25(31-23)16-34-11-9-19(10-12-34)22-5-4-6-26(32-22)37-17-20-8-7-18(15-30)13-21(20)29/h4-9,13-14,25,31H,3,10-12,16-17H2,1-2H3. The van der Waals surface area contributed by atoms with E-state index in [1.165, 1.54) is 17.4 Å². The lowest BCUT2D eigenvalue weighted by Gasteiger charge is -2.31. The highest BCUT2D eigenvalue weighted by molar-refractivity contribution is 7.18. The number of nitriles is 1. The van der Waals surface area contributed by atoms with E-state index in [-0.39, 0.29) is 24.3 Å². The molecule has 0 bridgehead atoms. The van der Waals surface area contributed by atoms with Crippen LogP contribution in [0, 0.1) is 17.1 Å². The summed E-state index contributed by atoms with van der Waals surface area (Å²) in [5.74, 6) is -0.316. The zero-order valence-electron chi connectivity index (χ0n) is 21.2. The van der Waals surface area contributed by atoms with Crippen LogP contribution in [0.15, 0.2) is 48.5 Å². The molecule has 3 aromatic rings. The Labute approximate surface area is 224 Å². The number of hydrogen-bond donors (Lipinski definition) is 1. The summed E-state index contributed by atoms with van der Waals surface area (Å²) in [4.78, 5) is 21.9. The molecule has 2 aliphatic heterocycles. The maximum absolute atomic E-state index is 14.2. The Balaban J connectivity index is 1.16. The maximum atomic E-state index is 14.2. The predicted octanol–water partition coefficient (Wildman–Crippen LogP) is 4.89. The first-order valence-corrected chi connectivity index (χ1v) is 13.3. The van der Waals surface area contributed by atoms with Crippen molar-refractivity contribution in [2.75, 3.05) is 43.5 Å². The van der Waals surface area contributed by atoms with E-state index in [0.29, 0.717) is 22.9 Å². The number of nitrogens with zero attached hydrogens (tertiary/aromatic N) is 4. The highest BCUT2D eigenvalue weighted by Gasteiger charge is 2.31. The third-order valence-corrected chi connectivity index (χ3v) is 7.84. The molecule has 0 radical (unpaired) electrons. The van der Waals surface area contributed by atoms with E-state index in [1.54, 1.807) is 25.1 Å². The molecule has 0 fully saturated rings. The molecule has 5 rings (SSSR count). The predicted molar refractivity (Wildman–Crippen MR) is 145 cm³/mol. The van der Waals surface area contributed by atoms with Crippen molar-refractivity contribution in [1.82, 2.24) is 9.88 Å². The highest BCUT2D eigenvalue weighted by atomic mass is 32.1. The van der Waals surface area contributed by atoms with Crippen LogP contribution in [0.25, 0.3) is 5.57 Å². The fourth-order valence-corrected chi connectivity index (χ4v) is 5.58. The van der Waals surface area contributed by atoms with Crippen LogP contribution < -0.4 is 15.0 Å². The van der Waals surface area contributed by atoms with Crippen LogP contribution in [0.3, 0.4) is 0 Å². The largest absolute Gasteiger partial charge is 0.473 e. The summed E-state index contributed by atoms with van der Waals surface area (Å²) in [6, 6.07) is 13.8. The average Bonchev–Trinajstić information content (AvgIpc) is 3.48. The van der Waals surface area contributed by atoms with E-state index in [4.69, 9.17) is 14.7 Å². The summed E-state index contributed by atoms with van der Waals surface area (Å²) in [6.45, 7) is 4.73. The number of anilines is 2. The Morgan fingerprint density at radius 3 is 2.89 bits per heavy atom. The number of fused-ring (bicyclic) bond motifs is 1. The van der Waals surface area contributed by atoms with Crippen LogP contribution >= 0.6 is 11.3 Å². The third kappa shape index (κ3) is 5.49. The molecule has 8 nitrogen and oxygen atoms in total. The van der Waals surface area contributed by atoms with E-state index in [1.807, 2.05) is 31.3 Å². The molecular formula is C28H28FN5O3S. The number of aromatic nitrogens is 1. The van der Waals surface area contributed by atoms with Gasteiger partial charge in [0, 0.05) is 38.3 Å². The molecule has 0 amide bonds. The normalized spacial score (nSPS) is 16.8. The molecule has 38 heavy (non-hydrogen) atoms. The average molecular weight is 534 g/mol. The minimum absolute atomic E-state index is 0.0372. The van der Waals surface area contributed by atoms with Crippen molar-refractivity contribution in [2.45, 2.75) is 26.1 Å². The van der Waals surface area contributed by atoms with E-state index in [9.17, 15) is 9.18 Å². The van der Waals surface area contributed by atoms with Crippen molar-refractivity contribution in [3.05, 3.63) is 76.1 Å². The van der Waals surface area contributed by atoms with Gasteiger partial charge in [0.15, 0.2) is 0 Å². The van der Waals surface area contributed by atoms with Gasteiger partial charge in [0.05, 0.1) is 29.6 Å². The van der Waals surface area contributed by atoms with Gasteiger partial charge in [-0.3, -0.25) is 4.90 Å². The summed E-state index contributed by atoms with van der Waals surface area (Å²) < 4.78 is 25.0. The van der Waals surface area contributed by atoms with Crippen LogP contribution in [-0.2, 0) is 11.3 Å². The molecule has 0 spiro atoms. The molecule has 196 valence electrons. The van der Waals surface area contributed by atoms with E-state index in [0.717, 1.165) is 48.0 Å². The number of carbonyl (C=O) groups excluding carboxylic acids is 1. The number of carbonyl (C=O) groups is 1. The third-order valence-electron chi connectivity index (χ3n) is 6.63. The summed E-state index contributed by atoms with van der Waals surface area (Å²) in [7, 11) is 2.04. The Morgan fingerprint density at radius 1 is 1.32 bits per heavy atom. The highest BCUT2D eigenvalue weighted by Crippen LogP contribution is 2.42. The molecule has 0 aliphatic carbocycles. The number of benzene rings is 1. The quantitative estimate of drug-likeness (QED) is 0.410. The molecule has 2 aromatic heterocycles. The molecular weight excluding hydrogens is 505 g/mol. The zero-order chi connectivity index (χ0) is 26.6. The van der Waals surface area contributed by atoms with Gasteiger partial charge < -0.3 is 19.7 Å². The van der Waals surface area contributed by atoms with Gasteiger partial charge in [0.2, 0.25) is 5.88 Å². The number of likely N-dealkylation sites (N-methyl/N-ethyl adjacent to an activating group) is 1. The Morgan fingerprint density at radius 2 is 2.18 bits per heavy atom. The van der Waals surface area contributed by atoms with Crippen LogP contribution in [0.4, 0.5) is 15.1 Å². The molecule has 1 N–H and O–H groups in total. The topological polar surface area (TPSA) is 90.7 Å². The second-order valence-corrected chi connectivity index (χ2v) is 10.2. The van der Waals surface area contributed by atoms with E-state index >= 15 is 0 Å². The number of nitrogens with one attached hydrogen (secondary N) is 1. The van der Waals surface area contributed by atoms with Gasteiger partial charge in [0.25, 0.3) is 0 Å². The number of thiophene rings is 1. The molecule has 0 saturated carbocycles. The lowest BCUT2D eigenvalue weighted by atomic mass is 10.0. The van der Waals surface area contributed by atoms with E-state index < -0.39 is 5.82 Å². The van der Waals surface area contributed by atoms with Crippen molar-refractivity contribution in [3.63, 3.8) is 0 Å². The zero-order valence-corrected chi connectivity index (χ0v) is 22.1. The van der Waals surface area contributed by atoms with Gasteiger partial charge in [0.1, 0.15) is 28.5 Å². The first kappa shape index (κ1) is 25.7. The lowest BCUT2D eigenvalue weighted by Crippen LogP contribution is -2.44. The van der Waals surface area contributed by atoms with Crippen molar-refractivity contribution in [1.29, 1.82) is 5.26 Å². The monoisotopic (exact) mass is 533 g/mol. The minimum atomic E-state index is -0.466. The molecule has 4 heterocycles. The Hall–Kier alpha value is -3.94. The van der Waals surface area contributed by atoms with Crippen molar-refractivity contribution in [2.24, 2.45) is 0 Å². The molecule has 1 atom stereocenters. The number of pyridine rings is 1. The van der Waals surface area contributed by atoms with Crippen LogP contribution in [-0.4, -0.2) is 55.3 Å². The van der Waals surface area contributed by atoms with Crippen LogP contribution in [0.2, 0.25) is 0 Å². The Kier molecular flexibility index (Phi) is 7.58. The minimum Gasteiger partial charge on any atom is -0.473 e. The summed E-state index contributed by atoms with van der Waals surface area (Å²) in [6.07, 6.45) is 3.17. The van der Waals surface area contributed by atoms with Crippen LogP contribution in [0.1, 0.15) is 39.8 Å². The molecule has 1 aromatic carbocycles. The summed E-state index contributed by atoms with van der Waals surface area (Å²) >= 11 is 1.45. The van der Waals surface area contributed by atoms with Gasteiger partial charge in [-0.15, -0.1) is 11.3 Å². The number of ether oxygens (including phenoxy) is 2. The maximum Gasteiger partial charge on any atom is 0.348 e. The van der Waals surface area contributed by atoms with Gasteiger partial charge in [-0.05, 0) is 43.2 Å². The summed E-state index contributed by atoms with van der Waals surface area (Å²) in [5.41, 5.74) is 3.63. The SMILES string of the molecule is CCOC(=O)c1cc2c(s1)N(C)C(CN1CC=C(c3cccc(OCc4ccc(C#N)cc4F)n3)CC1)N2. The van der Waals surface area contributed by atoms with Gasteiger partial charge in [-0.2, -0.15) is 5.26 Å². The second-order valence-electron chi connectivity index (χ2n) is 9.13. The number of halogens is 1. The first-order chi connectivity index (χ1) is 18.4. The van der Waals surface area contributed by atoms with Crippen molar-refractivity contribution < 1.29 is 18.7 Å². The first-order valence-electron chi connectivity index (χ1n) is 12.5. The summed E-state index contributed by atoms with van der Waals surface area (Å²) in [5, 5.41) is 13.5. The van der Waals surface area contributed by atoms with E-state index in [2.05, 4.69) is 26.2 Å². The van der Waals surface area contributed by atoms with Gasteiger partial charge in [-0.25, -0.2) is 14.2 Å². The molecule has 1 unspecified atom stereocenters. The number of rotatable bonds is 8. The second kappa shape index (κ2) is 11.2. The van der Waals surface area contributed by atoms with Crippen molar-refractivity contribution in [3.8, 4) is 11.9 Å². The fourth-order valence-electron chi connectivity index (χ4n) is 4.55. The molecule has 2 aliphatic rings. The van der Waals surface area contributed by atoms with Crippen LogP contribution in [0.5, 0.6) is 5.88 Å². The molecule has 0 saturated heterocycles. The molecule has 10 heteroatoms. The lowest BCUT2D eigenvalue weighted by molar-refractivity contribution is 0.0532. The smallest absolute Gasteiger partial charge is 0.348 e.